The van der Waals surface area contributed by atoms with Crippen molar-refractivity contribution >= 4 is 0 Å². The number of hydrogen-bond acceptors (Lipinski definition) is 2. The van der Waals surface area contributed by atoms with Gasteiger partial charge in [0.1, 0.15) is 6.23 Å². The molecular formula is C6H13NO. The predicted molar refractivity (Wildman–Crippen MR) is 32.3 cm³/mol. The van der Waals surface area contributed by atoms with Crippen LogP contribution in [0.5, 0.6) is 0 Å². The molecule has 2 atom stereocenters. The summed E-state index contributed by atoms with van der Waals surface area (Å²) >= 11 is 0. The highest BCUT2D eigenvalue weighted by Gasteiger charge is 2.34. The van der Waals surface area contributed by atoms with Crippen LogP contribution < -0.4 is 5.73 Å². The molecule has 0 spiro atoms. The van der Waals surface area contributed by atoms with Gasteiger partial charge in [-0.15, -0.1) is 0 Å². The lowest BCUT2D eigenvalue weighted by Gasteiger charge is -1.96. The average Bonchev–Trinajstić information content (AvgIpc) is 2.17. The topological polar surface area (TPSA) is 38.5 Å². The molecule has 8 heavy (non-hydrogen) atoms. The van der Waals surface area contributed by atoms with E-state index in [4.69, 9.17) is 10.5 Å². The van der Waals surface area contributed by atoms with E-state index >= 15 is 0 Å². The van der Waals surface area contributed by atoms with E-state index in [-0.39, 0.29) is 6.23 Å². The Bertz CT molecular complexity index is 82.6. The van der Waals surface area contributed by atoms with E-state index in [9.17, 15) is 0 Å². The summed E-state index contributed by atoms with van der Waals surface area (Å²) in [5.41, 5.74) is 5.39. The van der Waals surface area contributed by atoms with Crippen LogP contribution in [-0.4, -0.2) is 12.3 Å². The van der Waals surface area contributed by atoms with Gasteiger partial charge in [-0.25, -0.2) is 0 Å². The second kappa shape index (κ2) is 2.03. The average molecular weight is 115 g/mol. The maximum atomic E-state index is 5.39. The van der Waals surface area contributed by atoms with Crippen LogP contribution in [0.4, 0.5) is 0 Å². The summed E-state index contributed by atoms with van der Waals surface area (Å²) in [6.07, 6.45) is 1.54. The van der Waals surface area contributed by atoms with Crippen molar-refractivity contribution in [1.82, 2.24) is 0 Å². The van der Waals surface area contributed by atoms with Crippen LogP contribution in [0.3, 0.4) is 0 Å². The molecule has 2 unspecified atom stereocenters. The number of ether oxygens (including phenoxy) is 1. The lowest BCUT2D eigenvalue weighted by molar-refractivity contribution is 0.348. The van der Waals surface area contributed by atoms with Crippen LogP contribution in [0, 0.1) is 5.92 Å². The SMILES string of the molecule is CC(C)CC1OC1N. The predicted octanol–water partition coefficient (Wildman–Crippen LogP) is 0.716. The Balaban J connectivity index is 2.05. The summed E-state index contributed by atoms with van der Waals surface area (Å²) in [5.74, 6) is 0.716. The van der Waals surface area contributed by atoms with Gasteiger partial charge in [0.25, 0.3) is 0 Å². The van der Waals surface area contributed by atoms with Crippen molar-refractivity contribution in [2.24, 2.45) is 11.7 Å². The summed E-state index contributed by atoms with van der Waals surface area (Å²) in [7, 11) is 0. The Morgan fingerprint density at radius 3 is 2.25 bits per heavy atom. The molecular weight excluding hydrogens is 102 g/mol. The molecule has 1 rings (SSSR count). The third-order valence-corrected chi connectivity index (χ3v) is 1.33. The lowest BCUT2D eigenvalue weighted by atomic mass is 10.1. The zero-order valence-electron chi connectivity index (χ0n) is 5.42. The second-order valence-electron chi connectivity index (χ2n) is 2.77. The van der Waals surface area contributed by atoms with Crippen LogP contribution >= 0.6 is 0 Å². The molecule has 0 aliphatic carbocycles. The fraction of sp³-hybridized carbons (Fsp3) is 1.00. The van der Waals surface area contributed by atoms with Gasteiger partial charge in [0.2, 0.25) is 0 Å². The van der Waals surface area contributed by atoms with Crippen molar-refractivity contribution in [2.45, 2.75) is 32.6 Å². The minimum absolute atomic E-state index is 0.0531. The smallest absolute Gasteiger partial charge is 0.132 e. The third-order valence-electron chi connectivity index (χ3n) is 1.33. The van der Waals surface area contributed by atoms with Gasteiger partial charge in [-0.3, -0.25) is 0 Å². The third kappa shape index (κ3) is 1.46. The molecule has 1 aliphatic heterocycles. The molecule has 2 nitrogen and oxygen atoms in total. The summed E-state index contributed by atoms with van der Waals surface area (Å²) < 4.78 is 5.01. The van der Waals surface area contributed by atoms with Gasteiger partial charge >= 0.3 is 0 Å². The van der Waals surface area contributed by atoms with Crippen LogP contribution in [-0.2, 0) is 4.74 Å². The van der Waals surface area contributed by atoms with Gasteiger partial charge in [-0.1, -0.05) is 13.8 Å². The Kier molecular flexibility index (Phi) is 1.54. The van der Waals surface area contributed by atoms with E-state index in [2.05, 4.69) is 13.8 Å². The Labute approximate surface area is 50.0 Å². The number of nitrogens with two attached hydrogens (primary N) is 1. The summed E-state index contributed by atoms with van der Waals surface area (Å²) in [6.45, 7) is 4.35. The molecule has 0 saturated carbocycles. The highest BCUT2D eigenvalue weighted by molar-refractivity contribution is 4.79. The first-order valence-electron chi connectivity index (χ1n) is 3.11. The molecule has 0 aromatic heterocycles. The van der Waals surface area contributed by atoms with E-state index in [0.717, 1.165) is 6.42 Å². The molecule has 1 fully saturated rings. The first-order valence-corrected chi connectivity index (χ1v) is 3.11. The second-order valence-corrected chi connectivity index (χ2v) is 2.77. The molecule has 0 amide bonds. The molecule has 0 aromatic rings. The van der Waals surface area contributed by atoms with Crippen LogP contribution in [0.25, 0.3) is 0 Å². The number of hydrogen-bond donors (Lipinski definition) is 1. The van der Waals surface area contributed by atoms with E-state index in [1.54, 1.807) is 0 Å². The summed E-state index contributed by atoms with van der Waals surface area (Å²) in [4.78, 5) is 0. The largest absolute Gasteiger partial charge is 0.353 e. The first-order chi connectivity index (χ1) is 3.70. The van der Waals surface area contributed by atoms with Gasteiger partial charge in [0.05, 0.1) is 6.10 Å². The Morgan fingerprint density at radius 2 is 2.12 bits per heavy atom. The van der Waals surface area contributed by atoms with Gasteiger partial charge in [-0.2, -0.15) is 0 Å². The van der Waals surface area contributed by atoms with Crippen molar-refractivity contribution < 1.29 is 4.74 Å². The van der Waals surface area contributed by atoms with Gasteiger partial charge in [-0.05, 0) is 12.3 Å². The summed E-state index contributed by atoms with van der Waals surface area (Å²) in [5, 5.41) is 0. The van der Waals surface area contributed by atoms with Crippen molar-refractivity contribution in [3.8, 4) is 0 Å². The van der Waals surface area contributed by atoms with Gasteiger partial charge in [0, 0.05) is 0 Å². The Morgan fingerprint density at radius 1 is 1.62 bits per heavy atom. The van der Waals surface area contributed by atoms with Crippen molar-refractivity contribution in [2.75, 3.05) is 0 Å². The molecule has 2 N–H and O–H groups in total. The maximum Gasteiger partial charge on any atom is 0.132 e. The molecule has 2 heteroatoms. The zero-order chi connectivity index (χ0) is 6.15. The molecule has 1 heterocycles. The molecule has 0 bridgehead atoms. The van der Waals surface area contributed by atoms with E-state index in [0.29, 0.717) is 12.0 Å². The van der Waals surface area contributed by atoms with Crippen molar-refractivity contribution in [3.63, 3.8) is 0 Å². The van der Waals surface area contributed by atoms with E-state index in [1.807, 2.05) is 0 Å². The zero-order valence-corrected chi connectivity index (χ0v) is 5.42. The van der Waals surface area contributed by atoms with E-state index < -0.39 is 0 Å². The molecule has 1 saturated heterocycles. The number of rotatable bonds is 2. The Hall–Kier alpha value is -0.0800. The molecule has 0 aromatic carbocycles. The molecule has 1 aliphatic rings. The lowest BCUT2D eigenvalue weighted by Crippen LogP contribution is -2.06. The highest BCUT2D eigenvalue weighted by Crippen LogP contribution is 2.23. The van der Waals surface area contributed by atoms with Crippen molar-refractivity contribution in [3.05, 3.63) is 0 Å². The highest BCUT2D eigenvalue weighted by atomic mass is 16.6. The maximum absolute atomic E-state index is 5.39. The molecule has 0 radical (unpaired) electrons. The minimum atomic E-state index is 0.0531. The fourth-order valence-corrected chi connectivity index (χ4v) is 0.811. The monoisotopic (exact) mass is 115 g/mol. The van der Waals surface area contributed by atoms with Crippen molar-refractivity contribution in [1.29, 1.82) is 0 Å². The fourth-order valence-electron chi connectivity index (χ4n) is 0.811. The first kappa shape index (κ1) is 6.05. The molecule has 48 valence electrons. The van der Waals surface area contributed by atoms with Gasteiger partial charge < -0.3 is 10.5 Å². The van der Waals surface area contributed by atoms with Crippen LogP contribution in [0.15, 0.2) is 0 Å². The summed E-state index contributed by atoms with van der Waals surface area (Å²) in [6, 6.07) is 0. The van der Waals surface area contributed by atoms with E-state index in [1.165, 1.54) is 0 Å². The minimum Gasteiger partial charge on any atom is -0.353 e. The quantitative estimate of drug-likeness (QED) is 0.538. The van der Waals surface area contributed by atoms with Crippen LogP contribution in [0.2, 0.25) is 0 Å². The standard InChI is InChI=1S/C6H13NO/c1-4(2)3-5-6(7)8-5/h4-6H,3,7H2,1-2H3. The normalized spacial score (nSPS) is 36.0. The van der Waals surface area contributed by atoms with Gasteiger partial charge in [0.15, 0.2) is 0 Å². The van der Waals surface area contributed by atoms with Crippen LogP contribution in [0.1, 0.15) is 20.3 Å². The number of epoxide rings is 1.